The lowest BCUT2D eigenvalue weighted by atomic mass is 10.1. The summed E-state index contributed by atoms with van der Waals surface area (Å²) in [6.45, 7) is 1.81. The van der Waals surface area contributed by atoms with E-state index in [0.29, 0.717) is 15.8 Å². The smallest absolute Gasteiger partial charge is 0.261 e. The van der Waals surface area contributed by atoms with E-state index in [2.05, 4.69) is 5.32 Å². The summed E-state index contributed by atoms with van der Waals surface area (Å²) >= 11 is 12.1. The first kappa shape index (κ1) is 22.4. The van der Waals surface area contributed by atoms with Gasteiger partial charge >= 0.3 is 0 Å². The number of para-hydroxylation sites is 1. The van der Waals surface area contributed by atoms with Crippen molar-refractivity contribution in [2.75, 3.05) is 6.61 Å². The third-order valence-electron chi connectivity index (χ3n) is 5.32. The maximum absolute atomic E-state index is 13.0. The van der Waals surface area contributed by atoms with E-state index in [9.17, 15) is 9.59 Å². The Hall–Kier alpha value is -2.24. The van der Waals surface area contributed by atoms with Crippen LogP contribution in [0.15, 0.2) is 48.5 Å². The Morgan fingerprint density at radius 2 is 1.77 bits per heavy atom. The molecule has 2 aromatic carbocycles. The zero-order valence-corrected chi connectivity index (χ0v) is 18.5. The Balaban J connectivity index is 1.71. The molecule has 0 radical (unpaired) electrons. The van der Waals surface area contributed by atoms with Crippen LogP contribution < -0.4 is 10.1 Å². The zero-order valence-electron chi connectivity index (χ0n) is 16.9. The van der Waals surface area contributed by atoms with Crippen molar-refractivity contribution in [3.8, 4) is 5.75 Å². The van der Waals surface area contributed by atoms with Crippen LogP contribution in [0, 0.1) is 0 Å². The van der Waals surface area contributed by atoms with Crippen LogP contribution in [-0.2, 0) is 16.1 Å². The topological polar surface area (TPSA) is 58.6 Å². The molecule has 1 unspecified atom stereocenters. The number of benzene rings is 2. The van der Waals surface area contributed by atoms with Crippen molar-refractivity contribution in [2.45, 2.75) is 51.2 Å². The van der Waals surface area contributed by atoms with E-state index < -0.39 is 6.04 Å². The Bertz CT molecular complexity index is 867. The highest BCUT2D eigenvalue weighted by Gasteiger charge is 2.28. The lowest BCUT2D eigenvalue weighted by Gasteiger charge is -2.29. The van der Waals surface area contributed by atoms with Crippen molar-refractivity contribution in [1.82, 2.24) is 10.2 Å². The SMILES string of the molecule is CC(C(=O)NC1CCCC1)N(Cc1ccc(Cl)cc1)C(=O)COc1ccccc1Cl. The van der Waals surface area contributed by atoms with Crippen molar-refractivity contribution in [3.63, 3.8) is 0 Å². The summed E-state index contributed by atoms with van der Waals surface area (Å²) in [4.78, 5) is 27.4. The Labute approximate surface area is 187 Å². The van der Waals surface area contributed by atoms with Crippen LogP contribution in [0.2, 0.25) is 10.0 Å². The summed E-state index contributed by atoms with van der Waals surface area (Å²) in [6.07, 6.45) is 4.22. The number of carbonyl (C=O) groups excluding carboxylic acids is 2. The van der Waals surface area contributed by atoms with Gasteiger partial charge in [-0.15, -0.1) is 0 Å². The fourth-order valence-corrected chi connectivity index (χ4v) is 3.86. The molecule has 1 atom stereocenters. The average molecular weight is 449 g/mol. The minimum atomic E-state index is -0.636. The van der Waals surface area contributed by atoms with Crippen molar-refractivity contribution in [3.05, 3.63) is 64.1 Å². The molecule has 0 spiro atoms. The summed E-state index contributed by atoms with van der Waals surface area (Å²) in [5.41, 5.74) is 0.881. The van der Waals surface area contributed by atoms with Crippen LogP contribution >= 0.6 is 23.2 Å². The molecule has 1 fully saturated rings. The summed E-state index contributed by atoms with van der Waals surface area (Å²) in [7, 11) is 0. The lowest BCUT2D eigenvalue weighted by molar-refractivity contribution is -0.142. The molecule has 1 N–H and O–H groups in total. The molecule has 30 heavy (non-hydrogen) atoms. The number of ether oxygens (including phenoxy) is 1. The van der Waals surface area contributed by atoms with Gasteiger partial charge in [-0.2, -0.15) is 0 Å². The van der Waals surface area contributed by atoms with Gasteiger partial charge in [-0.25, -0.2) is 0 Å². The average Bonchev–Trinajstić information content (AvgIpc) is 3.25. The molecule has 0 aliphatic heterocycles. The highest BCUT2D eigenvalue weighted by atomic mass is 35.5. The number of amides is 2. The van der Waals surface area contributed by atoms with Gasteiger partial charge in [0.2, 0.25) is 5.91 Å². The molecule has 0 saturated heterocycles. The number of hydrogen-bond acceptors (Lipinski definition) is 3. The first-order valence-corrected chi connectivity index (χ1v) is 10.9. The maximum Gasteiger partial charge on any atom is 0.261 e. The molecular weight excluding hydrogens is 423 g/mol. The number of rotatable bonds is 8. The number of nitrogens with one attached hydrogen (secondary N) is 1. The zero-order chi connectivity index (χ0) is 21.5. The molecule has 0 bridgehead atoms. The molecule has 1 aliphatic carbocycles. The van der Waals surface area contributed by atoms with Crippen molar-refractivity contribution < 1.29 is 14.3 Å². The fourth-order valence-electron chi connectivity index (χ4n) is 3.55. The molecule has 7 heteroatoms. The van der Waals surface area contributed by atoms with E-state index in [1.165, 1.54) is 4.90 Å². The van der Waals surface area contributed by atoms with Gasteiger partial charge in [0.05, 0.1) is 5.02 Å². The fraction of sp³-hybridized carbons (Fsp3) is 0.391. The largest absolute Gasteiger partial charge is 0.482 e. The predicted molar refractivity (Wildman–Crippen MR) is 119 cm³/mol. The van der Waals surface area contributed by atoms with Crippen LogP contribution in [0.1, 0.15) is 38.2 Å². The van der Waals surface area contributed by atoms with Gasteiger partial charge in [0.25, 0.3) is 5.91 Å². The minimum Gasteiger partial charge on any atom is -0.482 e. The molecule has 2 aromatic rings. The molecule has 1 saturated carbocycles. The van der Waals surface area contributed by atoms with Gasteiger partial charge in [0.1, 0.15) is 11.8 Å². The predicted octanol–water partition coefficient (Wildman–Crippen LogP) is 4.85. The third-order valence-corrected chi connectivity index (χ3v) is 5.89. The molecule has 3 rings (SSSR count). The Kier molecular flexibility index (Phi) is 8.00. The quantitative estimate of drug-likeness (QED) is 0.627. The molecule has 1 aliphatic rings. The highest BCUT2D eigenvalue weighted by molar-refractivity contribution is 6.32. The van der Waals surface area contributed by atoms with Crippen LogP contribution in [0.5, 0.6) is 5.75 Å². The minimum absolute atomic E-state index is 0.151. The summed E-state index contributed by atoms with van der Waals surface area (Å²) in [5, 5.41) is 4.12. The lowest BCUT2D eigenvalue weighted by Crippen LogP contribution is -2.50. The normalized spacial score (nSPS) is 14.9. The van der Waals surface area contributed by atoms with E-state index in [-0.39, 0.29) is 31.0 Å². The van der Waals surface area contributed by atoms with E-state index >= 15 is 0 Å². The third kappa shape index (κ3) is 6.13. The molecule has 0 heterocycles. The second kappa shape index (κ2) is 10.7. The molecule has 0 aromatic heterocycles. The van der Waals surface area contributed by atoms with Crippen molar-refractivity contribution in [1.29, 1.82) is 0 Å². The van der Waals surface area contributed by atoms with E-state index in [0.717, 1.165) is 31.2 Å². The first-order valence-electron chi connectivity index (χ1n) is 10.2. The van der Waals surface area contributed by atoms with E-state index in [1.807, 2.05) is 12.1 Å². The van der Waals surface area contributed by atoms with Crippen LogP contribution in [0.3, 0.4) is 0 Å². The van der Waals surface area contributed by atoms with Crippen LogP contribution in [0.4, 0.5) is 0 Å². The Morgan fingerprint density at radius 1 is 1.10 bits per heavy atom. The molecule has 5 nitrogen and oxygen atoms in total. The number of carbonyl (C=O) groups is 2. The monoisotopic (exact) mass is 448 g/mol. The standard InChI is InChI=1S/C23H26Cl2N2O3/c1-16(23(29)26-19-6-2-3-7-19)27(14-17-10-12-18(24)13-11-17)22(28)15-30-21-9-5-4-8-20(21)25/h4-5,8-13,16,19H,2-3,6-7,14-15H2,1H3,(H,26,29). The Morgan fingerprint density at radius 3 is 2.43 bits per heavy atom. The van der Waals surface area contributed by atoms with Crippen molar-refractivity contribution in [2.24, 2.45) is 0 Å². The van der Waals surface area contributed by atoms with Crippen LogP contribution in [0.25, 0.3) is 0 Å². The van der Waals surface area contributed by atoms with Gasteiger partial charge in [0.15, 0.2) is 6.61 Å². The second-order valence-electron chi connectivity index (χ2n) is 7.53. The van der Waals surface area contributed by atoms with Gasteiger partial charge in [-0.3, -0.25) is 9.59 Å². The number of halogens is 2. The molecule has 2 amide bonds. The van der Waals surface area contributed by atoms with Gasteiger partial charge in [-0.05, 0) is 49.6 Å². The second-order valence-corrected chi connectivity index (χ2v) is 8.38. The maximum atomic E-state index is 13.0. The summed E-state index contributed by atoms with van der Waals surface area (Å²) in [6, 6.07) is 13.8. The van der Waals surface area contributed by atoms with Crippen molar-refractivity contribution >= 4 is 35.0 Å². The van der Waals surface area contributed by atoms with Crippen LogP contribution in [-0.4, -0.2) is 35.4 Å². The first-order chi connectivity index (χ1) is 14.4. The molecular formula is C23H26Cl2N2O3. The van der Waals surface area contributed by atoms with E-state index in [4.69, 9.17) is 27.9 Å². The van der Waals surface area contributed by atoms with Gasteiger partial charge < -0.3 is 15.0 Å². The molecule has 160 valence electrons. The van der Waals surface area contributed by atoms with E-state index in [1.54, 1.807) is 43.3 Å². The number of hydrogen-bond donors (Lipinski definition) is 1. The van der Waals surface area contributed by atoms with Gasteiger partial charge in [0, 0.05) is 17.6 Å². The highest BCUT2D eigenvalue weighted by Crippen LogP contribution is 2.23. The summed E-state index contributed by atoms with van der Waals surface area (Å²) < 4.78 is 5.62. The summed E-state index contributed by atoms with van der Waals surface area (Å²) in [5.74, 6) is -0.0112. The van der Waals surface area contributed by atoms with Gasteiger partial charge in [-0.1, -0.05) is 60.3 Å². The number of nitrogens with zero attached hydrogens (tertiary/aromatic N) is 1.